The van der Waals surface area contributed by atoms with Crippen LogP contribution in [0.1, 0.15) is 35.2 Å². The summed E-state index contributed by atoms with van der Waals surface area (Å²) in [6, 6.07) is 5.04. The lowest BCUT2D eigenvalue weighted by Gasteiger charge is -2.19. The molecule has 0 radical (unpaired) electrons. The van der Waals surface area contributed by atoms with Crippen molar-refractivity contribution in [1.29, 1.82) is 0 Å². The van der Waals surface area contributed by atoms with Gasteiger partial charge in [-0.15, -0.1) is 0 Å². The highest BCUT2D eigenvalue weighted by molar-refractivity contribution is 6.31. The van der Waals surface area contributed by atoms with Crippen LogP contribution in [0, 0.1) is 5.92 Å². The highest BCUT2D eigenvalue weighted by Crippen LogP contribution is 2.29. The minimum Gasteiger partial charge on any atom is -0.373 e. The Morgan fingerprint density at radius 2 is 2.21 bits per heavy atom. The van der Waals surface area contributed by atoms with Crippen molar-refractivity contribution < 1.29 is 9.53 Å². The molecule has 1 aliphatic rings. The predicted molar refractivity (Wildman–Crippen MR) is 74.9 cm³/mol. The van der Waals surface area contributed by atoms with Gasteiger partial charge < -0.3 is 16.2 Å². The van der Waals surface area contributed by atoms with Gasteiger partial charge >= 0.3 is 0 Å². The summed E-state index contributed by atoms with van der Waals surface area (Å²) >= 11 is 6.12. The van der Waals surface area contributed by atoms with Crippen LogP contribution in [0.4, 0.5) is 0 Å². The topological polar surface area (TPSA) is 78.3 Å². The van der Waals surface area contributed by atoms with E-state index in [2.05, 4.69) is 0 Å². The number of benzene rings is 1. The fourth-order valence-electron chi connectivity index (χ4n) is 2.51. The van der Waals surface area contributed by atoms with Crippen molar-refractivity contribution in [2.24, 2.45) is 17.4 Å². The van der Waals surface area contributed by atoms with Gasteiger partial charge in [0.2, 0.25) is 5.91 Å². The molecule has 1 aromatic carbocycles. The molecule has 19 heavy (non-hydrogen) atoms. The van der Waals surface area contributed by atoms with E-state index in [1.807, 2.05) is 0 Å². The van der Waals surface area contributed by atoms with Crippen LogP contribution < -0.4 is 11.5 Å². The summed E-state index contributed by atoms with van der Waals surface area (Å²) in [7, 11) is 0. The summed E-state index contributed by atoms with van der Waals surface area (Å²) in [6.45, 7) is 1.11. The molecule has 0 bridgehead atoms. The van der Waals surface area contributed by atoms with Crippen molar-refractivity contribution in [3.63, 3.8) is 0 Å². The third-order valence-corrected chi connectivity index (χ3v) is 4.03. The van der Waals surface area contributed by atoms with Gasteiger partial charge in [0, 0.05) is 10.6 Å². The fourth-order valence-corrected chi connectivity index (χ4v) is 2.74. The minimum atomic E-state index is -0.478. The van der Waals surface area contributed by atoms with Gasteiger partial charge in [-0.25, -0.2) is 0 Å². The molecule has 0 spiro atoms. The first kappa shape index (κ1) is 14.3. The van der Waals surface area contributed by atoms with Crippen LogP contribution in [-0.2, 0) is 11.3 Å². The number of primary amides is 1. The zero-order valence-electron chi connectivity index (χ0n) is 10.8. The summed E-state index contributed by atoms with van der Waals surface area (Å²) in [5.74, 6) is -0.0305. The third-order valence-electron chi connectivity index (χ3n) is 3.68. The van der Waals surface area contributed by atoms with Crippen molar-refractivity contribution in [2.75, 3.05) is 6.54 Å². The quantitative estimate of drug-likeness (QED) is 0.868. The summed E-state index contributed by atoms with van der Waals surface area (Å²) < 4.78 is 5.89. The lowest BCUT2D eigenvalue weighted by atomic mass is 10.1. The first-order valence-electron chi connectivity index (χ1n) is 6.51. The van der Waals surface area contributed by atoms with Crippen LogP contribution in [0.3, 0.4) is 0 Å². The largest absolute Gasteiger partial charge is 0.373 e. The summed E-state index contributed by atoms with van der Waals surface area (Å²) in [4.78, 5) is 11.0. The number of nitrogens with two attached hydrogens (primary N) is 2. The standard InChI is InChI=1S/C14H19ClN2O2/c15-12-6-9(14(17)18)4-5-11(12)8-19-13-3-1-2-10(13)7-16/h4-6,10,13H,1-3,7-8,16H2,(H2,17,18). The first-order chi connectivity index (χ1) is 9.11. The number of halogens is 1. The number of hydrogen-bond donors (Lipinski definition) is 2. The number of rotatable bonds is 5. The van der Waals surface area contributed by atoms with Crippen molar-refractivity contribution >= 4 is 17.5 Å². The molecule has 1 amide bonds. The molecule has 0 heterocycles. The molecule has 1 saturated carbocycles. The monoisotopic (exact) mass is 282 g/mol. The molecule has 0 saturated heterocycles. The second-order valence-corrected chi connectivity index (χ2v) is 5.35. The summed E-state index contributed by atoms with van der Waals surface area (Å²) in [5, 5.41) is 0.513. The Labute approximate surface area is 118 Å². The van der Waals surface area contributed by atoms with E-state index in [9.17, 15) is 4.79 Å². The van der Waals surface area contributed by atoms with E-state index in [1.165, 1.54) is 6.42 Å². The molecule has 2 unspecified atom stereocenters. The van der Waals surface area contributed by atoms with Crippen LogP contribution in [0.2, 0.25) is 5.02 Å². The maximum atomic E-state index is 11.0. The maximum absolute atomic E-state index is 11.0. The van der Waals surface area contributed by atoms with E-state index in [4.69, 9.17) is 27.8 Å². The van der Waals surface area contributed by atoms with Gasteiger partial charge in [-0.05, 0) is 43.0 Å². The maximum Gasteiger partial charge on any atom is 0.248 e. The van der Waals surface area contributed by atoms with E-state index < -0.39 is 5.91 Å². The zero-order chi connectivity index (χ0) is 13.8. The number of hydrogen-bond acceptors (Lipinski definition) is 3. The third kappa shape index (κ3) is 3.47. The molecule has 5 heteroatoms. The summed E-state index contributed by atoms with van der Waals surface area (Å²) in [6.07, 6.45) is 3.58. The second kappa shape index (κ2) is 6.37. The molecule has 1 fully saturated rings. The van der Waals surface area contributed by atoms with Gasteiger partial charge in [-0.3, -0.25) is 4.79 Å². The molecule has 0 aromatic heterocycles. The van der Waals surface area contributed by atoms with E-state index in [-0.39, 0.29) is 6.10 Å². The second-order valence-electron chi connectivity index (χ2n) is 4.95. The molecule has 0 aliphatic heterocycles. The zero-order valence-corrected chi connectivity index (χ0v) is 11.5. The highest BCUT2D eigenvalue weighted by atomic mass is 35.5. The number of ether oxygens (including phenoxy) is 1. The van der Waals surface area contributed by atoms with Crippen LogP contribution in [0.25, 0.3) is 0 Å². The van der Waals surface area contributed by atoms with Crippen LogP contribution in [0.5, 0.6) is 0 Å². The Kier molecular flexibility index (Phi) is 4.80. The van der Waals surface area contributed by atoms with Crippen molar-refractivity contribution in [2.45, 2.75) is 32.0 Å². The molecular weight excluding hydrogens is 264 g/mol. The number of amides is 1. The normalized spacial score (nSPS) is 22.6. The van der Waals surface area contributed by atoms with Gasteiger partial charge in [0.05, 0.1) is 12.7 Å². The van der Waals surface area contributed by atoms with Gasteiger partial charge in [0.25, 0.3) is 0 Å². The Bertz CT molecular complexity index is 465. The van der Waals surface area contributed by atoms with Crippen molar-refractivity contribution in [1.82, 2.24) is 0 Å². The van der Waals surface area contributed by atoms with Crippen LogP contribution >= 0.6 is 11.6 Å². The van der Waals surface area contributed by atoms with Crippen molar-refractivity contribution in [3.8, 4) is 0 Å². The van der Waals surface area contributed by atoms with Crippen LogP contribution in [-0.4, -0.2) is 18.6 Å². The molecule has 104 valence electrons. The Balaban J connectivity index is 1.98. The first-order valence-corrected chi connectivity index (χ1v) is 6.89. The van der Waals surface area contributed by atoms with E-state index in [1.54, 1.807) is 18.2 Å². The lowest BCUT2D eigenvalue weighted by molar-refractivity contribution is 0.0183. The molecule has 4 nitrogen and oxygen atoms in total. The molecule has 2 atom stereocenters. The SMILES string of the molecule is NCC1CCCC1OCc1ccc(C(N)=O)cc1Cl. The molecule has 2 rings (SSSR count). The average Bonchev–Trinajstić information content (AvgIpc) is 2.84. The Hall–Kier alpha value is -1.10. The fraction of sp³-hybridized carbons (Fsp3) is 0.500. The van der Waals surface area contributed by atoms with Gasteiger partial charge in [-0.2, -0.15) is 0 Å². The Morgan fingerprint density at radius 1 is 1.42 bits per heavy atom. The molecule has 1 aromatic rings. The average molecular weight is 283 g/mol. The van der Waals surface area contributed by atoms with Crippen LogP contribution in [0.15, 0.2) is 18.2 Å². The van der Waals surface area contributed by atoms with Crippen molar-refractivity contribution in [3.05, 3.63) is 34.3 Å². The van der Waals surface area contributed by atoms with Gasteiger partial charge in [0.1, 0.15) is 0 Å². The molecule has 1 aliphatic carbocycles. The Morgan fingerprint density at radius 3 is 2.84 bits per heavy atom. The number of carbonyl (C=O) groups is 1. The smallest absolute Gasteiger partial charge is 0.248 e. The van der Waals surface area contributed by atoms with Gasteiger partial charge in [0.15, 0.2) is 0 Å². The van der Waals surface area contributed by atoms with Gasteiger partial charge in [-0.1, -0.05) is 24.1 Å². The number of carbonyl (C=O) groups excluding carboxylic acids is 1. The predicted octanol–water partition coefficient (Wildman–Crippen LogP) is 2.08. The molecular formula is C14H19ClN2O2. The summed E-state index contributed by atoms with van der Waals surface area (Å²) in [5.41, 5.74) is 12.2. The highest BCUT2D eigenvalue weighted by Gasteiger charge is 2.26. The van der Waals surface area contributed by atoms with E-state index in [0.717, 1.165) is 18.4 Å². The van der Waals surface area contributed by atoms with E-state index >= 15 is 0 Å². The lowest BCUT2D eigenvalue weighted by Crippen LogP contribution is -2.25. The molecule has 4 N–H and O–H groups in total. The van der Waals surface area contributed by atoms with E-state index in [0.29, 0.717) is 29.7 Å². The minimum absolute atomic E-state index is 0.219.